The van der Waals surface area contributed by atoms with Gasteiger partial charge in [-0.25, -0.2) is 4.79 Å². The molecule has 0 aliphatic rings. The Hall–Kier alpha value is -2.34. The summed E-state index contributed by atoms with van der Waals surface area (Å²) in [7, 11) is 0. The first-order valence-corrected chi connectivity index (χ1v) is 6.84. The van der Waals surface area contributed by atoms with E-state index < -0.39 is 0 Å². The molecule has 0 atom stereocenters. The molecule has 21 heavy (non-hydrogen) atoms. The molecule has 0 radical (unpaired) electrons. The summed E-state index contributed by atoms with van der Waals surface area (Å²) in [5.74, 6) is 4.66. The number of allylic oxidation sites excluding steroid dienone is 1. The summed E-state index contributed by atoms with van der Waals surface area (Å²) in [6.45, 7) is 9.33. The number of hydrogen-bond acceptors (Lipinski definition) is 3. The van der Waals surface area contributed by atoms with E-state index in [1.54, 1.807) is 19.1 Å². The van der Waals surface area contributed by atoms with Crippen molar-refractivity contribution in [2.24, 2.45) is 0 Å². The first-order chi connectivity index (χ1) is 9.90. The molecule has 0 saturated heterocycles. The topological polar surface area (TPSA) is 43.4 Å². The Balaban J connectivity index is 2.37. The maximum atomic E-state index is 11.9. The van der Waals surface area contributed by atoms with E-state index in [0.29, 0.717) is 30.6 Å². The van der Waals surface area contributed by atoms with Crippen molar-refractivity contribution >= 4 is 11.8 Å². The largest absolute Gasteiger partial charge is 0.462 e. The Morgan fingerprint density at radius 3 is 2.38 bits per heavy atom. The van der Waals surface area contributed by atoms with Gasteiger partial charge in [0.15, 0.2) is 0 Å². The average molecular weight is 284 g/mol. The Bertz CT molecular complexity index is 595. The molecule has 0 saturated carbocycles. The van der Waals surface area contributed by atoms with Crippen LogP contribution in [0.25, 0.3) is 0 Å². The lowest BCUT2D eigenvalue weighted by molar-refractivity contribution is -0.110. The fraction of sp³-hybridized carbons (Fsp3) is 0.333. The van der Waals surface area contributed by atoms with Gasteiger partial charge < -0.3 is 4.74 Å². The van der Waals surface area contributed by atoms with Crippen molar-refractivity contribution in [3.05, 3.63) is 47.0 Å². The Kier molecular flexibility index (Phi) is 6.42. The van der Waals surface area contributed by atoms with Crippen molar-refractivity contribution in [3.63, 3.8) is 0 Å². The first kappa shape index (κ1) is 16.7. The van der Waals surface area contributed by atoms with Gasteiger partial charge in [0.1, 0.15) is 0 Å². The van der Waals surface area contributed by atoms with Gasteiger partial charge in [-0.15, -0.1) is 0 Å². The molecule has 1 aromatic rings. The molecule has 0 aliphatic carbocycles. The fourth-order valence-electron chi connectivity index (χ4n) is 1.75. The Morgan fingerprint density at radius 1 is 1.19 bits per heavy atom. The third kappa shape index (κ3) is 6.09. The van der Waals surface area contributed by atoms with Crippen LogP contribution in [0, 0.1) is 25.7 Å². The summed E-state index contributed by atoms with van der Waals surface area (Å²) in [5.41, 5.74) is 3.07. The Morgan fingerprint density at radius 2 is 1.81 bits per heavy atom. The van der Waals surface area contributed by atoms with Gasteiger partial charge in [0, 0.05) is 6.42 Å². The molecule has 0 unspecified atom stereocenters. The summed E-state index contributed by atoms with van der Waals surface area (Å²) < 4.78 is 5.18. The normalized spacial score (nSPS) is 9.48. The molecule has 0 spiro atoms. The predicted molar refractivity (Wildman–Crippen MR) is 83.0 cm³/mol. The van der Waals surface area contributed by atoms with Crippen LogP contribution < -0.4 is 0 Å². The number of ketones is 1. The van der Waals surface area contributed by atoms with Crippen LogP contribution in [0.1, 0.15) is 41.3 Å². The highest BCUT2D eigenvalue weighted by Crippen LogP contribution is 2.10. The molecule has 3 heteroatoms. The molecule has 0 aliphatic heterocycles. The van der Waals surface area contributed by atoms with Crippen molar-refractivity contribution < 1.29 is 14.3 Å². The zero-order valence-corrected chi connectivity index (χ0v) is 12.8. The molecule has 0 bridgehead atoms. The highest BCUT2D eigenvalue weighted by atomic mass is 16.5. The van der Waals surface area contributed by atoms with Gasteiger partial charge >= 0.3 is 5.97 Å². The lowest BCUT2D eigenvalue weighted by Crippen LogP contribution is -2.07. The molecular formula is C18H20O3. The standard InChI is InChI=1S/C18H20O3/c1-13(2)17(19)8-6-5-7-9-21-18(20)16-11-14(3)10-15(4)12-16/h10-12H,1,5,7,9H2,2-4H3. The molecule has 1 aromatic carbocycles. The average Bonchev–Trinajstić information content (AvgIpc) is 2.40. The number of carbonyl (C=O) groups excluding carboxylic acids is 2. The first-order valence-electron chi connectivity index (χ1n) is 6.84. The van der Waals surface area contributed by atoms with Crippen molar-refractivity contribution in [2.45, 2.75) is 33.6 Å². The van der Waals surface area contributed by atoms with Gasteiger partial charge in [-0.05, 0) is 50.8 Å². The van der Waals surface area contributed by atoms with Crippen molar-refractivity contribution in [2.75, 3.05) is 6.61 Å². The minimum atomic E-state index is -0.326. The molecule has 3 nitrogen and oxygen atoms in total. The number of hydrogen-bond donors (Lipinski definition) is 0. The summed E-state index contributed by atoms with van der Waals surface area (Å²) in [6.07, 6.45) is 1.12. The second-order valence-electron chi connectivity index (χ2n) is 5.03. The maximum absolute atomic E-state index is 11.9. The van der Waals surface area contributed by atoms with E-state index in [0.717, 1.165) is 11.1 Å². The van der Waals surface area contributed by atoms with Crippen LogP contribution >= 0.6 is 0 Å². The van der Waals surface area contributed by atoms with E-state index in [2.05, 4.69) is 18.4 Å². The number of esters is 1. The molecule has 110 valence electrons. The molecule has 1 rings (SSSR count). The monoisotopic (exact) mass is 284 g/mol. The third-order valence-corrected chi connectivity index (χ3v) is 2.73. The van der Waals surface area contributed by atoms with Gasteiger partial charge in [0.05, 0.1) is 12.2 Å². The van der Waals surface area contributed by atoms with Crippen LogP contribution in [0.15, 0.2) is 30.4 Å². The minimum Gasteiger partial charge on any atom is -0.462 e. The number of rotatable bonds is 5. The Labute approximate surface area is 126 Å². The number of benzene rings is 1. The van der Waals surface area contributed by atoms with Crippen LogP contribution in [-0.4, -0.2) is 18.4 Å². The molecule has 0 heterocycles. The number of ether oxygens (including phenoxy) is 1. The molecule has 0 aromatic heterocycles. The van der Waals surface area contributed by atoms with E-state index in [9.17, 15) is 9.59 Å². The van der Waals surface area contributed by atoms with E-state index >= 15 is 0 Å². The van der Waals surface area contributed by atoms with Crippen molar-refractivity contribution in [1.82, 2.24) is 0 Å². The van der Waals surface area contributed by atoms with Gasteiger partial charge in [-0.3, -0.25) is 4.79 Å². The number of carbonyl (C=O) groups is 2. The van der Waals surface area contributed by atoms with Gasteiger partial charge in [-0.1, -0.05) is 29.7 Å². The minimum absolute atomic E-state index is 0.248. The van der Waals surface area contributed by atoms with E-state index in [-0.39, 0.29) is 11.8 Å². The van der Waals surface area contributed by atoms with Crippen LogP contribution in [0.3, 0.4) is 0 Å². The second kappa shape index (κ2) is 8.06. The fourth-order valence-corrected chi connectivity index (χ4v) is 1.75. The highest BCUT2D eigenvalue weighted by Gasteiger charge is 2.07. The summed E-state index contributed by atoms with van der Waals surface area (Å²) >= 11 is 0. The molecule has 0 amide bonds. The lowest BCUT2D eigenvalue weighted by Gasteiger charge is -2.05. The van der Waals surface area contributed by atoms with Crippen LogP contribution in [-0.2, 0) is 9.53 Å². The summed E-state index contributed by atoms with van der Waals surface area (Å²) in [4.78, 5) is 23.0. The van der Waals surface area contributed by atoms with E-state index in [4.69, 9.17) is 4.74 Å². The van der Waals surface area contributed by atoms with Gasteiger partial charge in [0.2, 0.25) is 5.78 Å². The summed E-state index contributed by atoms with van der Waals surface area (Å²) in [6, 6.07) is 5.62. The predicted octanol–water partition coefficient (Wildman–Crippen LogP) is 3.39. The van der Waals surface area contributed by atoms with Crippen LogP contribution in [0.5, 0.6) is 0 Å². The van der Waals surface area contributed by atoms with Gasteiger partial charge in [0.25, 0.3) is 0 Å². The van der Waals surface area contributed by atoms with Crippen molar-refractivity contribution in [3.8, 4) is 11.8 Å². The van der Waals surface area contributed by atoms with Crippen molar-refractivity contribution in [1.29, 1.82) is 0 Å². The van der Waals surface area contributed by atoms with Crippen LogP contribution in [0.2, 0.25) is 0 Å². The van der Waals surface area contributed by atoms with Gasteiger partial charge in [-0.2, -0.15) is 0 Å². The van der Waals surface area contributed by atoms with Crippen LogP contribution in [0.4, 0.5) is 0 Å². The zero-order chi connectivity index (χ0) is 15.8. The SMILES string of the molecule is C=C(C)C(=O)C#CCCCOC(=O)c1cc(C)cc(C)c1. The van der Waals surface area contributed by atoms with E-state index in [1.807, 2.05) is 19.9 Å². The second-order valence-corrected chi connectivity index (χ2v) is 5.03. The smallest absolute Gasteiger partial charge is 0.338 e. The zero-order valence-electron chi connectivity index (χ0n) is 12.8. The molecule has 0 fully saturated rings. The van der Waals surface area contributed by atoms with E-state index in [1.165, 1.54) is 0 Å². The lowest BCUT2D eigenvalue weighted by atomic mass is 10.1. The highest BCUT2D eigenvalue weighted by molar-refractivity contribution is 6.07. The number of Topliss-reactive ketones (excluding diaryl/α,β-unsaturated/α-hetero) is 1. The maximum Gasteiger partial charge on any atom is 0.338 e. The quantitative estimate of drug-likeness (QED) is 0.274. The summed E-state index contributed by atoms with van der Waals surface area (Å²) in [5, 5.41) is 0. The number of unbranched alkanes of at least 4 members (excludes halogenated alkanes) is 1. The number of aryl methyl sites for hydroxylation is 2. The third-order valence-electron chi connectivity index (χ3n) is 2.73. The molecular weight excluding hydrogens is 264 g/mol. The molecule has 0 N–H and O–H groups in total.